The van der Waals surface area contributed by atoms with Gasteiger partial charge in [0.25, 0.3) is 0 Å². The molecule has 2 nitrogen and oxygen atoms in total. The van der Waals surface area contributed by atoms with Crippen LogP contribution in [0.4, 0.5) is 0 Å². The van der Waals surface area contributed by atoms with Crippen LogP contribution in [0.1, 0.15) is 65.2 Å². The summed E-state index contributed by atoms with van der Waals surface area (Å²) >= 11 is 0. The van der Waals surface area contributed by atoms with Gasteiger partial charge >= 0.3 is 0 Å². The molecule has 0 aliphatic carbocycles. The fourth-order valence-corrected chi connectivity index (χ4v) is 1.94. The number of amides is 1. The predicted molar refractivity (Wildman–Crippen MR) is 65.8 cm³/mol. The van der Waals surface area contributed by atoms with Crippen LogP contribution in [0.3, 0.4) is 0 Å². The Balaban J connectivity index is 3.31. The maximum Gasteiger partial charge on any atom is 0.207 e. The summed E-state index contributed by atoms with van der Waals surface area (Å²) in [7, 11) is 0. The van der Waals surface area contributed by atoms with E-state index in [9.17, 15) is 4.79 Å². The van der Waals surface area contributed by atoms with E-state index in [1.165, 1.54) is 44.9 Å². The zero-order valence-corrected chi connectivity index (χ0v) is 10.4. The van der Waals surface area contributed by atoms with Crippen LogP contribution < -0.4 is 5.32 Å². The van der Waals surface area contributed by atoms with E-state index in [0.717, 1.165) is 25.3 Å². The first-order valence-corrected chi connectivity index (χ1v) is 6.52. The van der Waals surface area contributed by atoms with Crippen molar-refractivity contribution in [1.29, 1.82) is 0 Å². The van der Waals surface area contributed by atoms with Gasteiger partial charge in [0, 0.05) is 6.54 Å². The molecule has 0 spiro atoms. The van der Waals surface area contributed by atoms with Gasteiger partial charge in [-0.3, -0.25) is 4.79 Å². The summed E-state index contributed by atoms with van der Waals surface area (Å²) in [6.07, 6.45) is 11.3. The number of rotatable bonds is 11. The Morgan fingerprint density at radius 2 is 1.80 bits per heavy atom. The highest BCUT2D eigenvalue weighted by atomic mass is 16.1. The van der Waals surface area contributed by atoms with E-state index in [-0.39, 0.29) is 0 Å². The van der Waals surface area contributed by atoms with Gasteiger partial charge in [0.15, 0.2) is 0 Å². The Morgan fingerprint density at radius 3 is 2.40 bits per heavy atom. The van der Waals surface area contributed by atoms with Gasteiger partial charge in [-0.25, -0.2) is 0 Å². The Hall–Kier alpha value is -0.530. The molecule has 0 heterocycles. The van der Waals surface area contributed by atoms with E-state index >= 15 is 0 Å². The van der Waals surface area contributed by atoms with Gasteiger partial charge in [-0.05, 0) is 12.3 Å². The average molecular weight is 213 g/mol. The SMILES string of the molecule is CCCCCCCC(CC)CCNC=O. The quantitative estimate of drug-likeness (QED) is 0.413. The Kier molecular flexibility index (Phi) is 11.1. The third-order valence-corrected chi connectivity index (χ3v) is 3.07. The summed E-state index contributed by atoms with van der Waals surface area (Å²) in [5.74, 6) is 0.805. The molecule has 90 valence electrons. The van der Waals surface area contributed by atoms with Crippen molar-refractivity contribution in [3.05, 3.63) is 0 Å². The first-order chi connectivity index (χ1) is 7.35. The average Bonchev–Trinajstić information content (AvgIpc) is 2.26. The molecule has 0 saturated heterocycles. The number of unbranched alkanes of at least 4 members (excludes halogenated alkanes) is 4. The zero-order valence-electron chi connectivity index (χ0n) is 10.4. The molecule has 0 saturated carbocycles. The third kappa shape index (κ3) is 9.77. The largest absolute Gasteiger partial charge is 0.359 e. The fraction of sp³-hybridized carbons (Fsp3) is 0.923. The molecule has 1 unspecified atom stereocenters. The highest BCUT2D eigenvalue weighted by Crippen LogP contribution is 2.17. The van der Waals surface area contributed by atoms with Crippen molar-refractivity contribution in [3.63, 3.8) is 0 Å². The molecule has 0 aromatic heterocycles. The van der Waals surface area contributed by atoms with E-state index in [0.29, 0.717) is 0 Å². The minimum Gasteiger partial charge on any atom is -0.359 e. The third-order valence-electron chi connectivity index (χ3n) is 3.07. The van der Waals surface area contributed by atoms with E-state index in [1.54, 1.807) is 0 Å². The molecule has 0 fully saturated rings. The van der Waals surface area contributed by atoms with Gasteiger partial charge in [0.2, 0.25) is 6.41 Å². The van der Waals surface area contributed by atoms with Crippen LogP contribution in [0.2, 0.25) is 0 Å². The van der Waals surface area contributed by atoms with Gasteiger partial charge in [-0.15, -0.1) is 0 Å². The van der Waals surface area contributed by atoms with Crippen LogP contribution in [0, 0.1) is 5.92 Å². The molecule has 15 heavy (non-hydrogen) atoms. The van der Waals surface area contributed by atoms with Gasteiger partial charge in [0.05, 0.1) is 0 Å². The Labute approximate surface area is 94.8 Å². The van der Waals surface area contributed by atoms with Crippen LogP contribution in [0.5, 0.6) is 0 Å². The van der Waals surface area contributed by atoms with Crippen molar-refractivity contribution in [3.8, 4) is 0 Å². The number of hydrogen-bond donors (Lipinski definition) is 1. The Bertz CT molecular complexity index is 136. The fourth-order valence-electron chi connectivity index (χ4n) is 1.94. The van der Waals surface area contributed by atoms with E-state index in [2.05, 4.69) is 19.2 Å². The number of carbonyl (C=O) groups excluding carboxylic acids is 1. The highest BCUT2D eigenvalue weighted by Gasteiger charge is 2.05. The lowest BCUT2D eigenvalue weighted by Crippen LogP contribution is -2.15. The number of nitrogens with one attached hydrogen (secondary N) is 1. The molecule has 0 aliphatic heterocycles. The molecule has 0 bridgehead atoms. The molecule has 1 amide bonds. The molecule has 1 N–H and O–H groups in total. The van der Waals surface area contributed by atoms with Gasteiger partial charge in [-0.1, -0.05) is 58.8 Å². The standard InChI is InChI=1S/C13H27NO/c1-3-5-6-7-8-9-13(4-2)10-11-14-12-15/h12-13H,3-11H2,1-2H3,(H,14,15). The van der Waals surface area contributed by atoms with Crippen molar-refractivity contribution in [2.45, 2.75) is 65.2 Å². The molecule has 0 rings (SSSR count). The second-order valence-electron chi connectivity index (χ2n) is 4.34. The summed E-state index contributed by atoms with van der Waals surface area (Å²) in [5, 5.41) is 2.74. The van der Waals surface area contributed by atoms with Crippen LogP contribution in [-0.2, 0) is 4.79 Å². The molecule has 2 heteroatoms. The summed E-state index contributed by atoms with van der Waals surface area (Å²) in [6.45, 7) is 5.34. The van der Waals surface area contributed by atoms with Crippen LogP contribution in [0.15, 0.2) is 0 Å². The van der Waals surface area contributed by atoms with Crippen molar-refractivity contribution in [2.24, 2.45) is 5.92 Å². The molecule has 0 radical (unpaired) electrons. The second-order valence-corrected chi connectivity index (χ2v) is 4.34. The van der Waals surface area contributed by atoms with E-state index < -0.39 is 0 Å². The monoisotopic (exact) mass is 213 g/mol. The molecule has 0 aromatic carbocycles. The van der Waals surface area contributed by atoms with Crippen molar-refractivity contribution < 1.29 is 4.79 Å². The van der Waals surface area contributed by atoms with Gasteiger partial charge < -0.3 is 5.32 Å². The second kappa shape index (κ2) is 11.5. The maximum atomic E-state index is 10.1. The van der Waals surface area contributed by atoms with Crippen molar-refractivity contribution in [1.82, 2.24) is 5.32 Å². The lowest BCUT2D eigenvalue weighted by molar-refractivity contribution is -0.109. The van der Waals surface area contributed by atoms with Crippen LogP contribution >= 0.6 is 0 Å². The zero-order chi connectivity index (χ0) is 11.4. The maximum absolute atomic E-state index is 10.1. The molecule has 1 atom stereocenters. The topological polar surface area (TPSA) is 29.1 Å². The van der Waals surface area contributed by atoms with Gasteiger partial charge in [-0.2, -0.15) is 0 Å². The molecule has 0 aliphatic rings. The summed E-state index contributed by atoms with van der Waals surface area (Å²) in [6, 6.07) is 0. The Morgan fingerprint density at radius 1 is 1.07 bits per heavy atom. The van der Waals surface area contributed by atoms with Crippen LogP contribution in [-0.4, -0.2) is 13.0 Å². The summed E-state index contributed by atoms with van der Waals surface area (Å²) in [5.41, 5.74) is 0. The number of hydrogen-bond acceptors (Lipinski definition) is 1. The van der Waals surface area contributed by atoms with Crippen molar-refractivity contribution >= 4 is 6.41 Å². The minimum absolute atomic E-state index is 0.800. The smallest absolute Gasteiger partial charge is 0.207 e. The first kappa shape index (κ1) is 14.5. The molecular weight excluding hydrogens is 186 g/mol. The highest BCUT2D eigenvalue weighted by molar-refractivity contribution is 5.45. The van der Waals surface area contributed by atoms with Crippen LogP contribution in [0.25, 0.3) is 0 Å². The molecule has 0 aromatic rings. The first-order valence-electron chi connectivity index (χ1n) is 6.52. The summed E-state index contributed by atoms with van der Waals surface area (Å²) < 4.78 is 0. The number of carbonyl (C=O) groups is 1. The van der Waals surface area contributed by atoms with Gasteiger partial charge in [0.1, 0.15) is 0 Å². The minimum atomic E-state index is 0.800. The lowest BCUT2D eigenvalue weighted by Gasteiger charge is -2.13. The predicted octanol–water partition coefficient (Wildman–Crippen LogP) is 3.51. The summed E-state index contributed by atoms with van der Waals surface area (Å²) in [4.78, 5) is 10.1. The van der Waals surface area contributed by atoms with Crippen molar-refractivity contribution in [2.75, 3.05) is 6.54 Å². The lowest BCUT2D eigenvalue weighted by atomic mass is 9.95. The van der Waals surface area contributed by atoms with E-state index in [1.807, 2.05) is 0 Å². The van der Waals surface area contributed by atoms with E-state index in [4.69, 9.17) is 0 Å². The normalized spacial score (nSPS) is 12.4. The molecular formula is C13H27NO.